The van der Waals surface area contributed by atoms with Gasteiger partial charge in [-0.05, 0) is 43.5 Å². The van der Waals surface area contributed by atoms with Crippen molar-refractivity contribution in [3.05, 3.63) is 76.3 Å². The fraction of sp³-hybridized carbons (Fsp3) is 0.433. The second kappa shape index (κ2) is 9.95. The molecule has 2 saturated heterocycles. The molecule has 0 aromatic heterocycles. The van der Waals surface area contributed by atoms with E-state index < -0.39 is 29.1 Å². The molecule has 2 N–H and O–H groups in total. The lowest BCUT2D eigenvalue weighted by Crippen LogP contribution is -2.56. The number of hydrogen-bond acceptors (Lipinski definition) is 4. The summed E-state index contributed by atoms with van der Waals surface area (Å²) in [4.78, 5) is 43.6. The van der Waals surface area contributed by atoms with Gasteiger partial charge in [0, 0.05) is 18.3 Å². The molecule has 1 aliphatic carbocycles. The van der Waals surface area contributed by atoms with Crippen LogP contribution in [0, 0.1) is 11.8 Å². The monoisotopic (exact) mass is 567 g/mol. The molecule has 2 bridgehead atoms. The Labute approximate surface area is 237 Å². The van der Waals surface area contributed by atoms with Gasteiger partial charge < -0.3 is 20.3 Å². The summed E-state index contributed by atoms with van der Waals surface area (Å²) in [6.07, 6.45) is 8.83. The van der Waals surface area contributed by atoms with E-state index in [1.54, 1.807) is 30.0 Å². The molecule has 5 atom stereocenters. The first kappa shape index (κ1) is 26.4. The number of carbonyl (C=O) groups excluding carboxylic acids is 3. The minimum atomic E-state index is -1.24. The number of carbonyl (C=O) groups is 3. The van der Waals surface area contributed by atoms with Gasteiger partial charge in [0.25, 0.3) is 0 Å². The van der Waals surface area contributed by atoms with E-state index in [1.165, 1.54) is 6.42 Å². The van der Waals surface area contributed by atoms with Crippen molar-refractivity contribution in [2.45, 2.75) is 68.9 Å². The fourth-order valence-corrected chi connectivity index (χ4v) is 7.20. The van der Waals surface area contributed by atoms with Gasteiger partial charge >= 0.3 is 0 Å². The molecule has 39 heavy (non-hydrogen) atoms. The molecular weight excluding hydrogens is 537 g/mol. The molecule has 204 valence electrons. The Morgan fingerprint density at radius 1 is 1.00 bits per heavy atom. The summed E-state index contributed by atoms with van der Waals surface area (Å²) in [6.45, 7) is 2.05. The van der Waals surface area contributed by atoms with Crippen LogP contribution in [0.2, 0.25) is 10.0 Å². The van der Waals surface area contributed by atoms with Crippen LogP contribution in [0.3, 0.4) is 0 Å². The summed E-state index contributed by atoms with van der Waals surface area (Å²) >= 11 is 12.2. The Hall–Kier alpha value is -2.87. The maximum atomic E-state index is 14.2. The Morgan fingerprint density at radius 3 is 2.46 bits per heavy atom. The fourth-order valence-electron chi connectivity index (χ4n) is 6.90. The van der Waals surface area contributed by atoms with Gasteiger partial charge in [0.05, 0.1) is 27.5 Å². The van der Waals surface area contributed by atoms with Crippen molar-refractivity contribution in [2.24, 2.45) is 11.8 Å². The Kier molecular flexibility index (Phi) is 6.72. The summed E-state index contributed by atoms with van der Waals surface area (Å²) in [6, 6.07) is 13.6. The van der Waals surface area contributed by atoms with Crippen LogP contribution in [0.1, 0.15) is 44.6 Å². The standard InChI is InChI=1S/C30H31Cl2N3O4/c1-29-14-15-30(39-29)24(23(29)26(36)34-20-12-13-21(31)22(32)16-20)28(38)35(17-18-8-4-2-5-9-18)25(30)27(37)33-19-10-6-3-7-11-19/h2,4-5,8-9,12-16,19,23-25H,3,6-7,10-11,17H2,1H3,(H,33,37)(H,34,36)/t23-,24+,25?,29-,30+/m0/s1. The maximum absolute atomic E-state index is 14.2. The molecule has 3 amide bonds. The summed E-state index contributed by atoms with van der Waals surface area (Å²) in [7, 11) is 0. The molecule has 3 aliphatic heterocycles. The van der Waals surface area contributed by atoms with Crippen molar-refractivity contribution in [1.82, 2.24) is 10.2 Å². The highest BCUT2D eigenvalue weighted by molar-refractivity contribution is 6.42. The number of fused-ring (bicyclic) bond motifs is 1. The highest BCUT2D eigenvalue weighted by Crippen LogP contribution is 2.60. The lowest BCUT2D eigenvalue weighted by molar-refractivity contribution is -0.145. The van der Waals surface area contributed by atoms with Gasteiger partial charge in [-0.25, -0.2) is 0 Å². The lowest BCUT2D eigenvalue weighted by atomic mass is 9.70. The number of halogens is 2. The van der Waals surface area contributed by atoms with Gasteiger partial charge in [0.1, 0.15) is 11.6 Å². The average Bonchev–Trinajstić information content (AvgIpc) is 3.48. The summed E-state index contributed by atoms with van der Waals surface area (Å²) < 4.78 is 6.60. The number of rotatable bonds is 6. The normalized spacial score (nSPS) is 31.4. The molecule has 3 fully saturated rings. The highest BCUT2D eigenvalue weighted by Gasteiger charge is 2.76. The zero-order valence-electron chi connectivity index (χ0n) is 21.7. The van der Waals surface area contributed by atoms with E-state index in [0.29, 0.717) is 15.7 Å². The Bertz CT molecular complexity index is 1340. The molecular formula is C30H31Cl2N3O4. The lowest BCUT2D eigenvalue weighted by Gasteiger charge is -2.34. The van der Waals surface area contributed by atoms with Crippen molar-refractivity contribution in [3.63, 3.8) is 0 Å². The number of anilines is 1. The van der Waals surface area contributed by atoms with Crippen LogP contribution in [0.15, 0.2) is 60.7 Å². The van der Waals surface area contributed by atoms with Crippen molar-refractivity contribution in [1.29, 1.82) is 0 Å². The van der Waals surface area contributed by atoms with Crippen LogP contribution in [0.5, 0.6) is 0 Å². The first-order valence-corrected chi connectivity index (χ1v) is 14.3. The van der Waals surface area contributed by atoms with Crippen LogP contribution < -0.4 is 10.6 Å². The van der Waals surface area contributed by atoms with Crippen molar-refractivity contribution in [3.8, 4) is 0 Å². The van der Waals surface area contributed by atoms with E-state index in [2.05, 4.69) is 10.6 Å². The van der Waals surface area contributed by atoms with Crippen LogP contribution in [0.4, 0.5) is 5.69 Å². The maximum Gasteiger partial charge on any atom is 0.246 e. The quantitative estimate of drug-likeness (QED) is 0.474. The zero-order chi connectivity index (χ0) is 27.4. The Morgan fingerprint density at radius 2 is 1.74 bits per heavy atom. The van der Waals surface area contributed by atoms with E-state index in [9.17, 15) is 14.4 Å². The van der Waals surface area contributed by atoms with E-state index in [0.717, 1.165) is 31.2 Å². The first-order valence-electron chi connectivity index (χ1n) is 13.5. The third-order valence-corrected chi connectivity index (χ3v) is 9.40. The first-order chi connectivity index (χ1) is 18.7. The Balaban J connectivity index is 1.35. The molecule has 1 unspecified atom stereocenters. The van der Waals surface area contributed by atoms with E-state index in [1.807, 2.05) is 42.5 Å². The van der Waals surface area contributed by atoms with Gasteiger partial charge in [0.2, 0.25) is 17.7 Å². The van der Waals surface area contributed by atoms with E-state index >= 15 is 0 Å². The van der Waals surface area contributed by atoms with Gasteiger partial charge in [-0.2, -0.15) is 0 Å². The minimum Gasteiger partial charge on any atom is -0.356 e. The second-order valence-electron chi connectivity index (χ2n) is 11.2. The predicted molar refractivity (Wildman–Crippen MR) is 149 cm³/mol. The van der Waals surface area contributed by atoms with Gasteiger partial charge in [0.15, 0.2) is 0 Å². The van der Waals surface area contributed by atoms with Crippen molar-refractivity contribution < 1.29 is 19.1 Å². The van der Waals surface area contributed by atoms with Crippen LogP contribution >= 0.6 is 23.2 Å². The third-order valence-electron chi connectivity index (χ3n) is 8.66. The molecule has 7 nitrogen and oxygen atoms in total. The summed E-state index contributed by atoms with van der Waals surface area (Å²) in [5.41, 5.74) is -0.904. The molecule has 6 rings (SSSR count). The van der Waals surface area contributed by atoms with Gasteiger partial charge in [-0.3, -0.25) is 14.4 Å². The topological polar surface area (TPSA) is 87.7 Å². The van der Waals surface area contributed by atoms with Crippen LogP contribution in [-0.2, 0) is 25.7 Å². The molecule has 3 heterocycles. The third kappa shape index (κ3) is 4.45. The number of nitrogens with zero attached hydrogens (tertiary/aromatic N) is 1. The zero-order valence-corrected chi connectivity index (χ0v) is 23.2. The molecule has 0 radical (unpaired) electrons. The smallest absolute Gasteiger partial charge is 0.246 e. The average molecular weight is 569 g/mol. The summed E-state index contributed by atoms with van der Waals surface area (Å²) in [5.74, 6) is -2.54. The number of benzene rings is 2. The van der Waals surface area contributed by atoms with Crippen molar-refractivity contribution in [2.75, 3.05) is 5.32 Å². The second-order valence-corrected chi connectivity index (χ2v) is 12.1. The number of amides is 3. The number of likely N-dealkylation sites (tertiary alicyclic amines) is 1. The number of ether oxygens (including phenoxy) is 1. The SMILES string of the molecule is C[C@@]12C=C[C@]3(O1)C(C(=O)NC1CCCCC1)N(Cc1ccccc1)C(=O)[C@H]3[C@H]2C(=O)Nc1ccc(Cl)c(Cl)c1. The summed E-state index contributed by atoms with van der Waals surface area (Å²) in [5, 5.41) is 6.81. The minimum absolute atomic E-state index is 0.0716. The largest absolute Gasteiger partial charge is 0.356 e. The molecule has 1 spiro atoms. The van der Waals surface area contributed by atoms with E-state index in [-0.39, 0.29) is 30.3 Å². The highest BCUT2D eigenvalue weighted by atomic mass is 35.5. The molecule has 9 heteroatoms. The molecule has 1 saturated carbocycles. The van der Waals surface area contributed by atoms with Gasteiger partial charge in [-0.15, -0.1) is 0 Å². The molecule has 4 aliphatic rings. The number of nitrogens with one attached hydrogen (secondary N) is 2. The van der Waals surface area contributed by atoms with E-state index in [4.69, 9.17) is 27.9 Å². The van der Waals surface area contributed by atoms with Crippen molar-refractivity contribution >= 4 is 46.6 Å². The molecule has 2 aromatic carbocycles. The predicted octanol–water partition coefficient (Wildman–Crippen LogP) is 5.12. The van der Waals surface area contributed by atoms with Gasteiger partial charge in [-0.1, -0.05) is 84.9 Å². The molecule has 2 aromatic rings. The van der Waals surface area contributed by atoms with Crippen LogP contribution in [-0.4, -0.2) is 45.9 Å². The number of hydrogen-bond donors (Lipinski definition) is 2. The van der Waals surface area contributed by atoms with Crippen LogP contribution in [0.25, 0.3) is 0 Å².